The summed E-state index contributed by atoms with van der Waals surface area (Å²) in [4.78, 5) is 14.4. The van der Waals surface area contributed by atoms with Gasteiger partial charge in [-0.1, -0.05) is 43.5 Å². The van der Waals surface area contributed by atoms with E-state index in [4.69, 9.17) is 0 Å². The van der Waals surface area contributed by atoms with Crippen molar-refractivity contribution in [2.45, 2.75) is 52.0 Å². The van der Waals surface area contributed by atoms with Gasteiger partial charge in [0.1, 0.15) is 0 Å². The second kappa shape index (κ2) is 8.33. The summed E-state index contributed by atoms with van der Waals surface area (Å²) in [5.41, 5.74) is 2.43. The predicted molar refractivity (Wildman–Crippen MR) is 91.8 cm³/mol. The average molecular weight is 302 g/mol. The Hall–Kier alpha value is -1.35. The number of nitrogens with one attached hydrogen (secondary N) is 1. The standard InChI is InChI=1S/C19H30N2O/c1-15-9-7-8-12-18(15)16(2)20-19(22)14-21(3)13-17-10-5-4-6-11-17/h7-9,12,16-17H,4-6,10-11,13-14H2,1-3H3,(H,20,22). The number of aryl methyl sites for hydroxylation is 1. The Balaban J connectivity index is 1.78. The van der Waals surface area contributed by atoms with Crippen molar-refractivity contribution in [2.75, 3.05) is 20.1 Å². The molecule has 0 spiro atoms. The molecule has 1 unspecified atom stereocenters. The maximum absolute atomic E-state index is 12.2. The molecule has 1 aliphatic carbocycles. The van der Waals surface area contributed by atoms with Gasteiger partial charge in [0.25, 0.3) is 0 Å². The molecule has 1 aromatic rings. The summed E-state index contributed by atoms with van der Waals surface area (Å²) >= 11 is 0. The maximum atomic E-state index is 12.2. The summed E-state index contributed by atoms with van der Waals surface area (Å²) in [7, 11) is 2.06. The monoisotopic (exact) mass is 302 g/mol. The van der Waals surface area contributed by atoms with E-state index < -0.39 is 0 Å². The van der Waals surface area contributed by atoms with Crippen LogP contribution in [0.2, 0.25) is 0 Å². The normalized spacial score (nSPS) is 17.5. The SMILES string of the molecule is Cc1ccccc1C(C)NC(=O)CN(C)CC1CCCCC1. The van der Waals surface area contributed by atoms with Crippen molar-refractivity contribution < 1.29 is 4.79 Å². The highest BCUT2D eigenvalue weighted by Gasteiger charge is 2.18. The quantitative estimate of drug-likeness (QED) is 0.869. The average Bonchev–Trinajstić information content (AvgIpc) is 2.48. The van der Waals surface area contributed by atoms with Gasteiger partial charge in [0.15, 0.2) is 0 Å². The smallest absolute Gasteiger partial charge is 0.234 e. The molecule has 3 nitrogen and oxygen atoms in total. The summed E-state index contributed by atoms with van der Waals surface area (Å²) in [6.07, 6.45) is 6.75. The van der Waals surface area contributed by atoms with E-state index in [0.29, 0.717) is 6.54 Å². The van der Waals surface area contributed by atoms with Crippen LogP contribution in [0.4, 0.5) is 0 Å². The molecule has 3 heteroatoms. The summed E-state index contributed by atoms with van der Waals surface area (Å²) in [5, 5.41) is 3.12. The van der Waals surface area contributed by atoms with Crippen molar-refractivity contribution in [3.05, 3.63) is 35.4 Å². The Labute approximate surface area is 135 Å². The van der Waals surface area contributed by atoms with Crippen LogP contribution < -0.4 is 5.32 Å². The second-order valence-corrected chi connectivity index (χ2v) is 6.85. The number of rotatable bonds is 6. The van der Waals surface area contributed by atoms with Gasteiger partial charge in [-0.25, -0.2) is 0 Å². The number of hydrogen-bond donors (Lipinski definition) is 1. The zero-order valence-corrected chi connectivity index (χ0v) is 14.3. The molecule has 0 saturated heterocycles. The summed E-state index contributed by atoms with van der Waals surface area (Å²) in [5.74, 6) is 0.898. The van der Waals surface area contributed by atoms with Crippen LogP contribution in [0.3, 0.4) is 0 Å². The van der Waals surface area contributed by atoms with E-state index in [-0.39, 0.29) is 11.9 Å². The van der Waals surface area contributed by atoms with Gasteiger partial charge in [-0.2, -0.15) is 0 Å². The van der Waals surface area contributed by atoms with Crippen LogP contribution in [-0.4, -0.2) is 30.9 Å². The fraction of sp³-hybridized carbons (Fsp3) is 0.632. The lowest BCUT2D eigenvalue weighted by molar-refractivity contribution is -0.122. The second-order valence-electron chi connectivity index (χ2n) is 6.85. The Bertz CT molecular complexity index is 480. The van der Waals surface area contributed by atoms with Crippen molar-refractivity contribution in [1.82, 2.24) is 10.2 Å². The van der Waals surface area contributed by atoms with Crippen LogP contribution >= 0.6 is 0 Å². The molecule has 1 aromatic carbocycles. The predicted octanol–water partition coefficient (Wildman–Crippen LogP) is 3.68. The zero-order chi connectivity index (χ0) is 15.9. The van der Waals surface area contributed by atoms with Crippen LogP contribution in [0.1, 0.15) is 56.2 Å². The minimum atomic E-state index is 0.0665. The van der Waals surface area contributed by atoms with Crippen molar-refractivity contribution in [1.29, 1.82) is 0 Å². The molecular formula is C19H30N2O. The van der Waals surface area contributed by atoms with Gasteiger partial charge in [-0.15, -0.1) is 0 Å². The molecule has 0 aliphatic heterocycles. The van der Waals surface area contributed by atoms with E-state index in [1.54, 1.807) is 0 Å². The van der Waals surface area contributed by atoms with Gasteiger partial charge >= 0.3 is 0 Å². The number of nitrogens with zero attached hydrogens (tertiary/aromatic N) is 1. The topological polar surface area (TPSA) is 32.3 Å². The fourth-order valence-corrected chi connectivity index (χ4v) is 3.56. The molecule has 22 heavy (non-hydrogen) atoms. The molecule has 1 aliphatic rings. The number of hydrogen-bond acceptors (Lipinski definition) is 2. The molecular weight excluding hydrogens is 272 g/mol. The Kier molecular flexibility index (Phi) is 6.44. The molecule has 0 aromatic heterocycles. The summed E-state index contributed by atoms with van der Waals surface area (Å²) in [6.45, 7) is 5.69. The van der Waals surface area contributed by atoms with Gasteiger partial charge in [0.2, 0.25) is 5.91 Å². The van der Waals surface area contributed by atoms with Crippen molar-refractivity contribution >= 4 is 5.91 Å². The van der Waals surface area contributed by atoms with E-state index in [9.17, 15) is 4.79 Å². The highest BCUT2D eigenvalue weighted by Crippen LogP contribution is 2.24. The molecule has 1 N–H and O–H groups in total. The first-order valence-corrected chi connectivity index (χ1v) is 8.59. The van der Waals surface area contributed by atoms with Crippen LogP contribution in [0.15, 0.2) is 24.3 Å². The van der Waals surface area contributed by atoms with E-state index >= 15 is 0 Å². The number of likely N-dealkylation sites (N-methyl/N-ethyl adjacent to an activating group) is 1. The lowest BCUT2D eigenvalue weighted by Crippen LogP contribution is -2.38. The maximum Gasteiger partial charge on any atom is 0.234 e. The first-order chi connectivity index (χ1) is 10.6. The van der Waals surface area contributed by atoms with E-state index in [1.165, 1.54) is 43.2 Å². The molecule has 2 rings (SSSR count). The van der Waals surface area contributed by atoms with Gasteiger partial charge in [-0.3, -0.25) is 9.69 Å². The van der Waals surface area contributed by atoms with Gasteiger partial charge in [0, 0.05) is 6.54 Å². The first-order valence-electron chi connectivity index (χ1n) is 8.59. The zero-order valence-electron chi connectivity index (χ0n) is 14.3. The summed E-state index contributed by atoms with van der Waals surface area (Å²) < 4.78 is 0. The molecule has 0 heterocycles. The lowest BCUT2D eigenvalue weighted by atomic mass is 9.89. The molecule has 1 saturated carbocycles. The fourth-order valence-electron chi connectivity index (χ4n) is 3.56. The minimum absolute atomic E-state index is 0.0665. The van der Waals surface area contributed by atoms with Gasteiger partial charge < -0.3 is 5.32 Å². The van der Waals surface area contributed by atoms with Crippen LogP contribution in [0, 0.1) is 12.8 Å². The first kappa shape index (κ1) is 17.0. The van der Waals surface area contributed by atoms with E-state index in [0.717, 1.165) is 12.5 Å². The third kappa shape index (κ3) is 5.13. The van der Waals surface area contributed by atoms with Crippen LogP contribution in [0.25, 0.3) is 0 Å². The minimum Gasteiger partial charge on any atom is -0.348 e. The van der Waals surface area contributed by atoms with Gasteiger partial charge in [-0.05, 0) is 50.8 Å². The molecule has 1 amide bonds. The highest BCUT2D eigenvalue weighted by atomic mass is 16.2. The Morgan fingerprint density at radius 2 is 1.95 bits per heavy atom. The van der Waals surface area contributed by atoms with Crippen LogP contribution in [-0.2, 0) is 4.79 Å². The molecule has 1 fully saturated rings. The Morgan fingerprint density at radius 3 is 2.64 bits per heavy atom. The van der Waals surface area contributed by atoms with Crippen molar-refractivity contribution in [2.24, 2.45) is 5.92 Å². The molecule has 122 valence electrons. The van der Waals surface area contributed by atoms with Crippen molar-refractivity contribution in [3.8, 4) is 0 Å². The van der Waals surface area contributed by atoms with Crippen molar-refractivity contribution in [3.63, 3.8) is 0 Å². The van der Waals surface area contributed by atoms with Gasteiger partial charge in [0.05, 0.1) is 12.6 Å². The largest absolute Gasteiger partial charge is 0.348 e. The van der Waals surface area contributed by atoms with E-state index in [2.05, 4.69) is 43.2 Å². The Morgan fingerprint density at radius 1 is 1.27 bits per heavy atom. The number of amides is 1. The van der Waals surface area contributed by atoms with Crippen LogP contribution in [0.5, 0.6) is 0 Å². The molecule has 1 atom stereocenters. The number of carbonyl (C=O) groups excluding carboxylic acids is 1. The number of benzene rings is 1. The summed E-state index contributed by atoms with van der Waals surface area (Å²) in [6, 6.07) is 8.31. The van der Waals surface area contributed by atoms with E-state index in [1.807, 2.05) is 12.1 Å². The molecule has 0 bridgehead atoms. The molecule has 0 radical (unpaired) electrons. The lowest BCUT2D eigenvalue weighted by Gasteiger charge is -2.27. The number of carbonyl (C=O) groups is 1. The third-order valence-corrected chi connectivity index (χ3v) is 4.74. The highest BCUT2D eigenvalue weighted by molar-refractivity contribution is 5.78. The third-order valence-electron chi connectivity index (χ3n) is 4.74.